The lowest BCUT2D eigenvalue weighted by molar-refractivity contribution is -0.288. The summed E-state index contributed by atoms with van der Waals surface area (Å²) in [6.07, 6.45) is -5.93. The van der Waals surface area contributed by atoms with Crippen LogP contribution in [0.3, 0.4) is 0 Å². The summed E-state index contributed by atoms with van der Waals surface area (Å²) in [6, 6.07) is 20.1. The third-order valence-electron chi connectivity index (χ3n) is 7.07. The van der Waals surface area contributed by atoms with Gasteiger partial charge in [0.15, 0.2) is 5.43 Å². The first-order chi connectivity index (χ1) is 21.2. The Morgan fingerprint density at radius 3 is 2.41 bits per heavy atom. The summed E-state index contributed by atoms with van der Waals surface area (Å²) >= 11 is 0. The summed E-state index contributed by atoms with van der Waals surface area (Å²) in [5.74, 6) is -2.18. The molecule has 0 radical (unpaired) electrons. The van der Waals surface area contributed by atoms with Crippen LogP contribution in [-0.2, 0) is 30.2 Å². The summed E-state index contributed by atoms with van der Waals surface area (Å²) in [4.78, 5) is 35.7. The highest BCUT2D eigenvalue weighted by Crippen LogP contribution is 2.29. The number of fused-ring (bicyclic) bond motifs is 1. The monoisotopic (exact) mass is 606 g/mol. The van der Waals surface area contributed by atoms with Crippen LogP contribution in [0.4, 0.5) is 0 Å². The number of ether oxygens (including phenoxy) is 4. The molecule has 0 saturated carbocycles. The van der Waals surface area contributed by atoms with Gasteiger partial charge in [0.05, 0.1) is 17.6 Å². The predicted molar refractivity (Wildman–Crippen MR) is 154 cm³/mol. The molecule has 1 fully saturated rings. The minimum Gasteiger partial charge on any atom is -0.508 e. The molecule has 0 bridgehead atoms. The molecule has 4 aromatic rings. The Labute approximate surface area is 250 Å². The Kier molecular flexibility index (Phi) is 9.56. The quantitative estimate of drug-likeness (QED) is 0.145. The number of hydrogen-bond donors (Lipinski definition) is 4. The number of carboxylic acid groups (broad SMARTS) is 1. The third-order valence-corrected chi connectivity index (χ3v) is 7.07. The SMILES string of the molecule is O=C(O)CC(=O)OCC1OC(Oc2ccc3c(=O)c(-c4ccc(O)cc4)coc3c2)C(OCCc2ccccc2)C(O)C1O. The van der Waals surface area contributed by atoms with E-state index < -0.39 is 55.7 Å². The van der Waals surface area contributed by atoms with E-state index in [0.717, 1.165) is 5.56 Å². The molecular formula is C32H30O12. The van der Waals surface area contributed by atoms with Crippen LogP contribution in [-0.4, -0.2) is 76.3 Å². The van der Waals surface area contributed by atoms with Gasteiger partial charge in [-0.15, -0.1) is 0 Å². The number of aromatic hydroxyl groups is 1. The standard InChI is InChI=1S/C32H30O12/c33-20-8-6-19(7-9-20)23-16-41-24-14-21(10-11-22(24)28(23)37)43-32-31(40-13-12-18-4-2-1-3-5-18)30(39)29(38)25(44-32)17-42-27(36)15-26(34)35/h1-11,14,16,25,29-33,38-39H,12-13,15,17H2,(H,34,35). The largest absolute Gasteiger partial charge is 0.508 e. The molecule has 1 saturated heterocycles. The molecule has 1 aliphatic heterocycles. The number of hydrogen-bond acceptors (Lipinski definition) is 11. The maximum Gasteiger partial charge on any atom is 0.317 e. The summed E-state index contributed by atoms with van der Waals surface area (Å²) in [5.41, 5.74) is 1.74. The lowest BCUT2D eigenvalue weighted by Gasteiger charge is -2.42. The van der Waals surface area contributed by atoms with Crippen LogP contribution in [0.2, 0.25) is 0 Å². The number of rotatable bonds is 11. The van der Waals surface area contributed by atoms with E-state index in [9.17, 15) is 29.7 Å². The number of aliphatic carboxylic acids is 1. The maximum absolute atomic E-state index is 13.2. The van der Waals surface area contributed by atoms with Gasteiger partial charge in [-0.3, -0.25) is 14.4 Å². The Bertz CT molecular complexity index is 1650. The highest BCUT2D eigenvalue weighted by atomic mass is 16.7. The van der Waals surface area contributed by atoms with Gasteiger partial charge in [-0.25, -0.2) is 0 Å². The van der Waals surface area contributed by atoms with Gasteiger partial charge in [0.25, 0.3) is 0 Å². The van der Waals surface area contributed by atoms with E-state index in [-0.39, 0.29) is 34.5 Å². The second-order valence-corrected chi connectivity index (χ2v) is 10.1. The molecule has 1 aliphatic rings. The van der Waals surface area contributed by atoms with Gasteiger partial charge in [0.1, 0.15) is 60.8 Å². The normalized spacial score (nSPS) is 21.5. The van der Waals surface area contributed by atoms with Gasteiger partial charge in [-0.05, 0) is 41.8 Å². The number of benzene rings is 3. The Morgan fingerprint density at radius 2 is 1.68 bits per heavy atom. The van der Waals surface area contributed by atoms with Crippen LogP contribution < -0.4 is 10.2 Å². The smallest absolute Gasteiger partial charge is 0.317 e. The highest BCUT2D eigenvalue weighted by molar-refractivity contribution is 5.90. The zero-order valence-corrected chi connectivity index (χ0v) is 23.3. The van der Waals surface area contributed by atoms with Crippen LogP contribution >= 0.6 is 0 Å². The van der Waals surface area contributed by atoms with Crippen molar-refractivity contribution in [3.63, 3.8) is 0 Å². The first kappa shape index (κ1) is 30.7. The summed E-state index contributed by atoms with van der Waals surface area (Å²) < 4.78 is 28.5. The van der Waals surface area contributed by atoms with Gasteiger partial charge >= 0.3 is 11.9 Å². The van der Waals surface area contributed by atoms with Crippen molar-refractivity contribution in [2.45, 2.75) is 43.5 Å². The van der Waals surface area contributed by atoms with Gasteiger partial charge < -0.3 is 43.8 Å². The van der Waals surface area contributed by atoms with Gasteiger partial charge in [-0.1, -0.05) is 42.5 Å². The van der Waals surface area contributed by atoms with Crippen LogP contribution in [0.1, 0.15) is 12.0 Å². The van der Waals surface area contributed by atoms with E-state index in [1.54, 1.807) is 12.1 Å². The Balaban J connectivity index is 1.36. The fourth-order valence-corrected chi connectivity index (χ4v) is 4.78. The Morgan fingerprint density at radius 1 is 0.932 bits per heavy atom. The van der Waals surface area contributed by atoms with Crippen molar-refractivity contribution >= 4 is 22.9 Å². The molecule has 0 aliphatic carbocycles. The number of carboxylic acids is 1. The molecule has 5 rings (SSSR count). The van der Waals surface area contributed by atoms with Crippen LogP contribution in [0, 0.1) is 0 Å². The van der Waals surface area contributed by atoms with Crippen molar-refractivity contribution < 1.29 is 53.4 Å². The average Bonchev–Trinajstić information content (AvgIpc) is 3.00. The molecule has 0 spiro atoms. The molecule has 5 atom stereocenters. The molecule has 230 valence electrons. The molecule has 2 heterocycles. The molecule has 1 aromatic heterocycles. The predicted octanol–water partition coefficient (Wildman–Crippen LogP) is 2.64. The first-order valence-electron chi connectivity index (χ1n) is 13.8. The van der Waals surface area contributed by atoms with E-state index >= 15 is 0 Å². The molecule has 0 amide bonds. The van der Waals surface area contributed by atoms with E-state index in [0.29, 0.717) is 17.5 Å². The van der Waals surface area contributed by atoms with Crippen LogP contribution in [0.25, 0.3) is 22.1 Å². The number of aliphatic hydroxyl groups is 2. The lowest BCUT2D eigenvalue weighted by Crippen LogP contribution is -2.61. The minimum absolute atomic E-state index is 0.0614. The molecule has 4 N–H and O–H groups in total. The van der Waals surface area contributed by atoms with Crippen LogP contribution in [0.5, 0.6) is 11.5 Å². The third kappa shape index (κ3) is 7.24. The van der Waals surface area contributed by atoms with Crippen LogP contribution in [0.15, 0.2) is 88.3 Å². The minimum atomic E-state index is -1.55. The zero-order chi connectivity index (χ0) is 31.2. The van der Waals surface area contributed by atoms with E-state index in [4.69, 9.17) is 28.5 Å². The summed E-state index contributed by atoms with van der Waals surface area (Å²) in [7, 11) is 0. The zero-order valence-electron chi connectivity index (χ0n) is 23.3. The van der Waals surface area contributed by atoms with Gasteiger partial charge in [-0.2, -0.15) is 0 Å². The van der Waals surface area contributed by atoms with Crippen molar-refractivity contribution in [1.29, 1.82) is 0 Å². The fourth-order valence-electron chi connectivity index (χ4n) is 4.78. The van der Waals surface area contributed by atoms with Crippen molar-refractivity contribution in [2.24, 2.45) is 0 Å². The molecule has 44 heavy (non-hydrogen) atoms. The van der Waals surface area contributed by atoms with Gasteiger partial charge in [0.2, 0.25) is 6.29 Å². The number of carbonyl (C=O) groups excluding carboxylic acids is 1. The van der Waals surface area contributed by atoms with E-state index in [1.807, 2.05) is 30.3 Å². The van der Waals surface area contributed by atoms with E-state index in [1.165, 1.54) is 36.6 Å². The average molecular weight is 607 g/mol. The molecule has 3 aromatic carbocycles. The van der Waals surface area contributed by atoms with Crippen molar-refractivity contribution in [3.8, 4) is 22.6 Å². The number of esters is 1. The molecular weight excluding hydrogens is 576 g/mol. The topological polar surface area (TPSA) is 182 Å². The Hall–Kier alpha value is -4.75. The maximum atomic E-state index is 13.2. The second-order valence-electron chi connectivity index (χ2n) is 10.1. The fraction of sp³-hybridized carbons (Fsp3) is 0.281. The van der Waals surface area contributed by atoms with Crippen molar-refractivity contribution in [1.82, 2.24) is 0 Å². The van der Waals surface area contributed by atoms with Crippen molar-refractivity contribution in [2.75, 3.05) is 13.2 Å². The molecule has 12 nitrogen and oxygen atoms in total. The number of aliphatic hydroxyl groups excluding tert-OH is 2. The highest BCUT2D eigenvalue weighted by Gasteiger charge is 2.47. The lowest BCUT2D eigenvalue weighted by atomic mass is 9.99. The number of carbonyl (C=O) groups is 2. The van der Waals surface area contributed by atoms with Crippen molar-refractivity contribution in [3.05, 3.63) is 94.8 Å². The summed E-state index contributed by atoms with van der Waals surface area (Å²) in [6.45, 7) is -0.403. The number of phenols is 1. The molecule has 5 unspecified atom stereocenters. The second kappa shape index (κ2) is 13.7. The van der Waals surface area contributed by atoms with Gasteiger partial charge in [0, 0.05) is 6.07 Å². The van der Waals surface area contributed by atoms with E-state index in [2.05, 4.69) is 0 Å². The first-order valence-corrected chi connectivity index (χ1v) is 13.8. The molecule has 12 heteroatoms. The number of phenolic OH excluding ortho intramolecular Hbond substituents is 1. The summed E-state index contributed by atoms with van der Waals surface area (Å²) in [5, 5.41) is 40.3.